The average Bonchev–Trinajstić information content (AvgIpc) is 2.84. The van der Waals surface area contributed by atoms with Crippen LogP contribution in [0.15, 0.2) is 42.5 Å². The van der Waals surface area contributed by atoms with Crippen LogP contribution < -0.4 is 0 Å². The Morgan fingerprint density at radius 3 is 2.67 bits per heavy atom. The molecule has 2 aromatic heterocycles. The highest BCUT2D eigenvalue weighted by atomic mass is 35.5. The smallest absolute Gasteiger partial charge is 0.355 e. The maximum Gasteiger partial charge on any atom is 0.355 e. The number of benzene rings is 1. The highest BCUT2D eigenvalue weighted by molar-refractivity contribution is 6.33. The monoisotopic (exact) mass is 300 g/mol. The molecule has 1 aromatic carbocycles. The zero-order valence-electron chi connectivity index (χ0n) is 11.6. The van der Waals surface area contributed by atoms with Crippen LogP contribution in [-0.2, 0) is 4.74 Å². The summed E-state index contributed by atoms with van der Waals surface area (Å²) in [7, 11) is 1.35. The Bertz CT molecular complexity index is 839. The fourth-order valence-corrected chi connectivity index (χ4v) is 2.59. The maximum absolute atomic E-state index is 12.0. The molecule has 2 heterocycles. The van der Waals surface area contributed by atoms with Crippen LogP contribution in [0.4, 0.5) is 0 Å². The number of carbonyl (C=O) groups is 1. The number of ether oxygens (including phenoxy) is 1. The molecule has 4 nitrogen and oxygen atoms in total. The van der Waals surface area contributed by atoms with E-state index >= 15 is 0 Å². The molecule has 21 heavy (non-hydrogen) atoms. The van der Waals surface area contributed by atoms with Gasteiger partial charge in [0.1, 0.15) is 11.5 Å². The topological polar surface area (TPSA) is 43.6 Å². The van der Waals surface area contributed by atoms with E-state index in [0.29, 0.717) is 22.2 Å². The van der Waals surface area contributed by atoms with Gasteiger partial charge in [0.2, 0.25) is 0 Å². The summed E-state index contributed by atoms with van der Waals surface area (Å²) in [6.07, 6.45) is 0. The Morgan fingerprint density at radius 2 is 1.95 bits per heavy atom. The molecule has 5 heteroatoms. The highest BCUT2D eigenvalue weighted by Gasteiger charge is 2.19. The summed E-state index contributed by atoms with van der Waals surface area (Å²) in [4.78, 5) is 16.4. The van der Waals surface area contributed by atoms with Gasteiger partial charge >= 0.3 is 5.97 Å². The number of methoxy groups -OCH3 is 1. The van der Waals surface area contributed by atoms with Crippen LogP contribution in [0.25, 0.3) is 16.9 Å². The Hall–Kier alpha value is -2.33. The average molecular weight is 301 g/mol. The number of fused-ring (bicyclic) bond motifs is 1. The first-order valence-corrected chi connectivity index (χ1v) is 6.82. The van der Waals surface area contributed by atoms with E-state index in [-0.39, 0.29) is 0 Å². The number of pyridine rings is 1. The van der Waals surface area contributed by atoms with Crippen molar-refractivity contribution in [3.05, 3.63) is 58.9 Å². The molecule has 3 aromatic rings. The van der Waals surface area contributed by atoms with E-state index in [1.54, 1.807) is 16.5 Å². The minimum Gasteiger partial charge on any atom is -0.464 e. The molecule has 0 atom stereocenters. The van der Waals surface area contributed by atoms with Crippen LogP contribution in [0.2, 0.25) is 5.15 Å². The molecule has 106 valence electrons. The Kier molecular flexibility index (Phi) is 3.39. The molecular weight excluding hydrogens is 288 g/mol. The Labute approximate surface area is 126 Å². The lowest BCUT2D eigenvalue weighted by molar-refractivity contribution is 0.0592. The van der Waals surface area contributed by atoms with Gasteiger partial charge in [-0.2, -0.15) is 0 Å². The lowest BCUT2D eigenvalue weighted by atomic mass is 10.1. The SMILES string of the molecule is COC(=O)c1cccc2c(Cl)nc(-c3ccccc3C)n12. The fraction of sp³-hybridized carbons (Fsp3) is 0.125. The van der Waals surface area contributed by atoms with E-state index in [4.69, 9.17) is 16.3 Å². The van der Waals surface area contributed by atoms with Crippen LogP contribution in [0.1, 0.15) is 16.1 Å². The molecule has 0 spiro atoms. The van der Waals surface area contributed by atoms with Gasteiger partial charge in [0.25, 0.3) is 0 Å². The molecule has 0 aliphatic rings. The quantitative estimate of drug-likeness (QED) is 0.677. The normalized spacial score (nSPS) is 10.8. The molecule has 0 saturated heterocycles. The lowest BCUT2D eigenvalue weighted by Crippen LogP contribution is -2.08. The third-order valence-electron chi connectivity index (χ3n) is 3.40. The van der Waals surface area contributed by atoms with Gasteiger partial charge in [-0.3, -0.25) is 4.40 Å². The second-order valence-electron chi connectivity index (χ2n) is 4.66. The van der Waals surface area contributed by atoms with Gasteiger partial charge in [-0.1, -0.05) is 41.9 Å². The van der Waals surface area contributed by atoms with Gasteiger partial charge in [0.05, 0.1) is 12.6 Å². The van der Waals surface area contributed by atoms with E-state index in [2.05, 4.69) is 4.98 Å². The lowest BCUT2D eigenvalue weighted by Gasteiger charge is -2.08. The summed E-state index contributed by atoms with van der Waals surface area (Å²) in [5.74, 6) is 0.207. The molecule has 0 N–H and O–H groups in total. The molecule has 3 rings (SSSR count). The van der Waals surface area contributed by atoms with Crippen molar-refractivity contribution in [2.75, 3.05) is 7.11 Å². The van der Waals surface area contributed by atoms with Gasteiger partial charge in [0.15, 0.2) is 5.15 Å². The summed E-state index contributed by atoms with van der Waals surface area (Å²) in [6, 6.07) is 13.1. The summed E-state index contributed by atoms with van der Waals surface area (Å²) in [5, 5.41) is 0.360. The van der Waals surface area contributed by atoms with Gasteiger partial charge in [0, 0.05) is 5.56 Å². The second-order valence-corrected chi connectivity index (χ2v) is 5.02. The van der Waals surface area contributed by atoms with Crippen molar-refractivity contribution in [3.63, 3.8) is 0 Å². The molecular formula is C16H13ClN2O2. The molecule has 0 radical (unpaired) electrons. The maximum atomic E-state index is 12.0. The Balaban J connectivity index is 2.39. The highest BCUT2D eigenvalue weighted by Crippen LogP contribution is 2.29. The number of aryl methyl sites for hydroxylation is 1. The van der Waals surface area contributed by atoms with E-state index in [0.717, 1.165) is 11.1 Å². The van der Waals surface area contributed by atoms with Crippen molar-refractivity contribution >= 4 is 23.1 Å². The van der Waals surface area contributed by atoms with Crippen LogP contribution >= 0.6 is 11.6 Å². The van der Waals surface area contributed by atoms with Gasteiger partial charge < -0.3 is 4.74 Å². The number of carbonyl (C=O) groups excluding carboxylic acids is 1. The zero-order chi connectivity index (χ0) is 15.0. The predicted molar refractivity (Wildman–Crippen MR) is 81.7 cm³/mol. The minimum absolute atomic E-state index is 0.360. The summed E-state index contributed by atoms with van der Waals surface area (Å²) in [5.41, 5.74) is 3.06. The van der Waals surface area contributed by atoms with Gasteiger partial charge in [-0.15, -0.1) is 0 Å². The van der Waals surface area contributed by atoms with Crippen LogP contribution in [-0.4, -0.2) is 22.5 Å². The van der Waals surface area contributed by atoms with Crippen molar-refractivity contribution in [1.82, 2.24) is 9.38 Å². The standard InChI is InChI=1S/C16H13ClN2O2/c1-10-6-3-4-7-11(10)15-18-14(17)12-8-5-9-13(19(12)15)16(20)21-2/h3-9H,1-2H3. The third kappa shape index (κ3) is 2.17. The molecule has 0 aliphatic carbocycles. The number of aromatic nitrogens is 2. The number of hydrogen-bond donors (Lipinski definition) is 0. The van der Waals surface area contributed by atoms with Crippen LogP contribution in [0, 0.1) is 6.92 Å². The number of hydrogen-bond acceptors (Lipinski definition) is 3. The van der Waals surface area contributed by atoms with E-state index < -0.39 is 5.97 Å². The van der Waals surface area contributed by atoms with Crippen LogP contribution in [0.5, 0.6) is 0 Å². The molecule has 0 bridgehead atoms. The Morgan fingerprint density at radius 1 is 1.19 bits per heavy atom. The number of esters is 1. The van der Waals surface area contributed by atoms with Crippen molar-refractivity contribution in [2.45, 2.75) is 6.92 Å². The zero-order valence-corrected chi connectivity index (χ0v) is 12.4. The first-order valence-electron chi connectivity index (χ1n) is 6.44. The molecule has 0 saturated carbocycles. The molecule has 0 fully saturated rings. The van der Waals surface area contributed by atoms with Crippen molar-refractivity contribution in [2.24, 2.45) is 0 Å². The fourth-order valence-electron chi connectivity index (χ4n) is 2.37. The molecule has 0 aliphatic heterocycles. The van der Waals surface area contributed by atoms with E-state index in [1.807, 2.05) is 37.3 Å². The number of rotatable bonds is 2. The minimum atomic E-state index is -0.426. The first kappa shape index (κ1) is 13.6. The predicted octanol–water partition coefficient (Wildman–Crippen LogP) is 3.75. The number of imidazole rings is 1. The van der Waals surface area contributed by atoms with Crippen LogP contribution in [0.3, 0.4) is 0 Å². The van der Waals surface area contributed by atoms with Crippen molar-refractivity contribution in [1.29, 1.82) is 0 Å². The van der Waals surface area contributed by atoms with Gasteiger partial charge in [-0.25, -0.2) is 9.78 Å². The third-order valence-corrected chi connectivity index (χ3v) is 3.68. The van der Waals surface area contributed by atoms with E-state index in [1.165, 1.54) is 7.11 Å². The number of nitrogens with zero attached hydrogens (tertiary/aromatic N) is 2. The van der Waals surface area contributed by atoms with E-state index in [9.17, 15) is 4.79 Å². The first-order chi connectivity index (χ1) is 10.1. The van der Waals surface area contributed by atoms with Gasteiger partial charge in [-0.05, 0) is 24.6 Å². The number of halogens is 1. The summed E-state index contributed by atoms with van der Waals surface area (Å²) in [6.45, 7) is 1.99. The molecule has 0 unspecified atom stereocenters. The summed E-state index contributed by atoms with van der Waals surface area (Å²) >= 11 is 6.22. The summed E-state index contributed by atoms with van der Waals surface area (Å²) < 4.78 is 6.58. The van der Waals surface area contributed by atoms with Crippen molar-refractivity contribution < 1.29 is 9.53 Å². The largest absolute Gasteiger partial charge is 0.464 e. The second kappa shape index (κ2) is 5.22. The molecule has 0 amide bonds. The van der Waals surface area contributed by atoms with Crippen molar-refractivity contribution in [3.8, 4) is 11.4 Å².